The summed E-state index contributed by atoms with van der Waals surface area (Å²) in [5.41, 5.74) is -0.600. The lowest BCUT2D eigenvalue weighted by molar-refractivity contribution is -0.139. The number of carbonyl (C=O) groups is 2. The van der Waals surface area contributed by atoms with Gasteiger partial charge in [-0.15, -0.1) is 11.3 Å². The molecule has 1 fully saturated rings. The van der Waals surface area contributed by atoms with Crippen molar-refractivity contribution in [2.45, 2.75) is 44.1 Å². The maximum atomic E-state index is 12.2. The fourth-order valence-electron chi connectivity index (χ4n) is 2.60. The molecule has 0 radical (unpaired) electrons. The van der Waals surface area contributed by atoms with Crippen molar-refractivity contribution < 1.29 is 14.7 Å². The molecule has 2 rings (SSSR count). The maximum absolute atomic E-state index is 12.2. The van der Waals surface area contributed by atoms with Crippen molar-refractivity contribution in [2.24, 2.45) is 0 Å². The predicted molar refractivity (Wildman–Crippen MR) is 74.9 cm³/mol. The van der Waals surface area contributed by atoms with Crippen LogP contribution in [0.15, 0.2) is 12.1 Å². The van der Waals surface area contributed by atoms with Crippen molar-refractivity contribution in [1.82, 2.24) is 5.32 Å². The van der Waals surface area contributed by atoms with E-state index >= 15 is 0 Å². The molecular weight excluding hydrogens is 286 g/mol. The van der Waals surface area contributed by atoms with E-state index in [0.717, 1.165) is 32.1 Å². The fraction of sp³-hybridized carbons (Fsp3) is 0.538. The van der Waals surface area contributed by atoms with E-state index in [-0.39, 0.29) is 12.3 Å². The number of halogens is 1. The lowest BCUT2D eigenvalue weighted by atomic mass is 9.79. The molecule has 0 aliphatic heterocycles. The van der Waals surface area contributed by atoms with E-state index < -0.39 is 11.5 Å². The molecule has 1 aromatic heterocycles. The number of aliphatic carboxylic acids is 1. The van der Waals surface area contributed by atoms with E-state index in [1.54, 1.807) is 12.1 Å². The largest absolute Gasteiger partial charge is 0.481 e. The van der Waals surface area contributed by atoms with Crippen molar-refractivity contribution in [1.29, 1.82) is 0 Å². The number of rotatable bonds is 4. The second kappa shape index (κ2) is 5.92. The topological polar surface area (TPSA) is 66.4 Å². The van der Waals surface area contributed by atoms with E-state index in [4.69, 9.17) is 16.7 Å². The number of carboxylic acids is 1. The molecule has 1 aliphatic rings. The Bertz CT molecular complexity index is 480. The molecule has 1 heterocycles. The SMILES string of the molecule is O=C(O)CC1(NC(=O)c2ccc(Cl)s2)CCCCC1. The molecule has 1 aromatic rings. The molecule has 6 heteroatoms. The van der Waals surface area contributed by atoms with Crippen LogP contribution in [0.5, 0.6) is 0 Å². The molecular formula is C13H16ClNO3S. The maximum Gasteiger partial charge on any atom is 0.305 e. The van der Waals surface area contributed by atoms with Gasteiger partial charge in [-0.3, -0.25) is 9.59 Å². The third-order valence-corrected chi connectivity index (χ3v) is 4.71. The summed E-state index contributed by atoms with van der Waals surface area (Å²) in [7, 11) is 0. The highest BCUT2D eigenvalue weighted by Crippen LogP contribution is 2.32. The van der Waals surface area contributed by atoms with Gasteiger partial charge >= 0.3 is 5.97 Å². The molecule has 0 unspecified atom stereocenters. The number of thiophene rings is 1. The normalized spacial score (nSPS) is 17.9. The quantitative estimate of drug-likeness (QED) is 0.896. The first-order valence-electron chi connectivity index (χ1n) is 6.30. The van der Waals surface area contributed by atoms with E-state index in [1.165, 1.54) is 11.3 Å². The zero-order chi connectivity index (χ0) is 13.9. The molecule has 1 saturated carbocycles. The van der Waals surface area contributed by atoms with Crippen LogP contribution in [0.1, 0.15) is 48.2 Å². The Kier molecular flexibility index (Phi) is 4.47. The third kappa shape index (κ3) is 3.70. The summed E-state index contributed by atoms with van der Waals surface area (Å²) in [6, 6.07) is 3.34. The first-order valence-corrected chi connectivity index (χ1v) is 7.50. The minimum Gasteiger partial charge on any atom is -0.481 e. The van der Waals surface area contributed by atoms with Crippen LogP contribution in [0.4, 0.5) is 0 Å². The van der Waals surface area contributed by atoms with Crippen LogP contribution in [-0.2, 0) is 4.79 Å². The van der Waals surface area contributed by atoms with E-state index in [9.17, 15) is 9.59 Å². The predicted octanol–water partition coefficient (Wildman–Crippen LogP) is 3.31. The summed E-state index contributed by atoms with van der Waals surface area (Å²) in [5, 5.41) is 12.0. The van der Waals surface area contributed by atoms with Gasteiger partial charge in [-0.25, -0.2) is 0 Å². The lowest BCUT2D eigenvalue weighted by Gasteiger charge is -2.36. The van der Waals surface area contributed by atoms with Gasteiger partial charge in [0.1, 0.15) is 0 Å². The average molecular weight is 302 g/mol. The van der Waals surface area contributed by atoms with Gasteiger partial charge in [0.25, 0.3) is 5.91 Å². The van der Waals surface area contributed by atoms with Gasteiger partial charge in [-0.05, 0) is 25.0 Å². The number of carboxylic acid groups (broad SMARTS) is 1. The summed E-state index contributed by atoms with van der Waals surface area (Å²) in [5.74, 6) is -1.09. The molecule has 0 bridgehead atoms. The third-order valence-electron chi connectivity index (χ3n) is 3.48. The average Bonchev–Trinajstić information content (AvgIpc) is 2.76. The first kappa shape index (κ1) is 14.3. The van der Waals surface area contributed by atoms with E-state index in [2.05, 4.69) is 5.32 Å². The minimum atomic E-state index is -0.869. The van der Waals surface area contributed by atoms with Gasteiger partial charge in [0.2, 0.25) is 0 Å². The van der Waals surface area contributed by atoms with Gasteiger partial charge in [0, 0.05) is 0 Å². The summed E-state index contributed by atoms with van der Waals surface area (Å²) in [6.07, 6.45) is 4.45. The van der Waals surface area contributed by atoms with Gasteiger partial charge < -0.3 is 10.4 Å². The van der Waals surface area contributed by atoms with Gasteiger partial charge in [0.15, 0.2) is 0 Å². The molecule has 1 aliphatic carbocycles. The van der Waals surface area contributed by atoms with Crippen molar-refractivity contribution in [3.63, 3.8) is 0 Å². The van der Waals surface area contributed by atoms with Gasteiger partial charge in [-0.2, -0.15) is 0 Å². The number of nitrogens with one attached hydrogen (secondary N) is 1. The summed E-state index contributed by atoms with van der Waals surface area (Å²) in [6.45, 7) is 0. The Hall–Kier alpha value is -1.07. The monoisotopic (exact) mass is 301 g/mol. The van der Waals surface area contributed by atoms with Crippen molar-refractivity contribution >= 4 is 34.8 Å². The van der Waals surface area contributed by atoms with Gasteiger partial charge in [0.05, 0.1) is 21.2 Å². The summed E-state index contributed by atoms with van der Waals surface area (Å²) < 4.78 is 0.557. The molecule has 19 heavy (non-hydrogen) atoms. The smallest absolute Gasteiger partial charge is 0.305 e. The second-order valence-electron chi connectivity index (χ2n) is 4.97. The zero-order valence-electron chi connectivity index (χ0n) is 10.4. The number of amides is 1. The van der Waals surface area contributed by atoms with Crippen LogP contribution >= 0.6 is 22.9 Å². The molecule has 2 N–H and O–H groups in total. The second-order valence-corrected chi connectivity index (χ2v) is 6.68. The van der Waals surface area contributed by atoms with Crippen molar-refractivity contribution in [2.75, 3.05) is 0 Å². The molecule has 4 nitrogen and oxygen atoms in total. The lowest BCUT2D eigenvalue weighted by Crippen LogP contribution is -2.50. The molecule has 1 amide bonds. The highest BCUT2D eigenvalue weighted by Gasteiger charge is 2.36. The number of hydrogen-bond acceptors (Lipinski definition) is 3. The van der Waals surface area contributed by atoms with E-state index in [1.807, 2.05) is 0 Å². The van der Waals surface area contributed by atoms with Crippen LogP contribution < -0.4 is 5.32 Å². The zero-order valence-corrected chi connectivity index (χ0v) is 12.0. The van der Waals surface area contributed by atoms with Crippen molar-refractivity contribution in [3.05, 3.63) is 21.3 Å². The Labute approximate surface area is 120 Å². The van der Waals surface area contributed by atoms with Crippen LogP contribution in [0, 0.1) is 0 Å². The highest BCUT2D eigenvalue weighted by atomic mass is 35.5. The molecule has 0 atom stereocenters. The first-order chi connectivity index (χ1) is 9.01. The van der Waals surface area contributed by atoms with Crippen LogP contribution in [0.2, 0.25) is 4.34 Å². The molecule has 0 aromatic carbocycles. The standard InChI is InChI=1S/C13H16ClNO3S/c14-10-5-4-9(19-10)12(18)15-13(8-11(16)17)6-2-1-3-7-13/h4-5H,1-3,6-8H2,(H,15,18)(H,16,17). The summed E-state index contributed by atoms with van der Waals surface area (Å²) in [4.78, 5) is 23.7. The Morgan fingerprint density at radius 1 is 1.32 bits per heavy atom. The van der Waals surface area contributed by atoms with Crippen LogP contribution in [0.3, 0.4) is 0 Å². The Morgan fingerprint density at radius 3 is 2.53 bits per heavy atom. The van der Waals surface area contributed by atoms with Crippen molar-refractivity contribution in [3.8, 4) is 0 Å². The van der Waals surface area contributed by atoms with E-state index in [0.29, 0.717) is 9.21 Å². The molecule has 0 saturated heterocycles. The Balaban J connectivity index is 2.11. The Morgan fingerprint density at radius 2 is 2.00 bits per heavy atom. The number of hydrogen-bond donors (Lipinski definition) is 2. The fourth-order valence-corrected chi connectivity index (χ4v) is 3.54. The number of carbonyl (C=O) groups excluding carboxylic acids is 1. The van der Waals surface area contributed by atoms with Gasteiger partial charge in [-0.1, -0.05) is 30.9 Å². The highest BCUT2D eigenvalue weighted by molar-refractivity contribution is 7.18. The molecule has 0 spiro atoms. The minimum absolute atomic E-state index is 0.0160. The van der Waals surface area contributed by atoms with Crippen LogP contribution in [-0.4, -0.2) is 22.5 Å². The van der Waals surface area contributed by atoms with Crippen LogP contribution in [0.25, 0.3) is 0 Å². The summed E-state index contributed by atoms with van der Waals surface area (Å²) >= 11 is 7.02. The molecule has 104 valence electrons.